The van der Waals surface area contributed by atoms with Gasteiger partial charge >= 0.3 is 6.03 Å². The summed E-state index contributed by atoms with van der Waals surface area (Å²) in [5, 5.41) is 2.84. The monoisotopic (exact) mass is 498 g/mol. The minimum Gasteiger partial charge on any atom is -0.495 e. The molecule has 8 nitrogen and oxygen atoms in total. The average Bonchev–Trinajstić information content (AvgIpc) is 3.46. The van der Waals surface area contributed by atoms with Gasteiger partial charge in [0.2, 0.25) is 0 Å². The topological polar surface area (TPSA) is 101 Å². The van der Waals surface area contributed by atoms with Gasteiger partial charge < -0.3 is 15.0 Å². The van der Waals surface area contributed by atoms with Gasteiger partial charge in [-0.2, -0.15) is 0 Å². The van der Waals surface area contributed by atoms with Crippen LogP contribution in [-0.2, 0) is 35.8 Å². The summed E-state index contributed by atoms with van der Waals surface area (Å²) in [6.45, 7) is 1.60. The summed E-state index contributed by atoms with van der Waals surface area (Å²) >= 11 is 1.24. The highest BCUT2D eigenvalue weighted by Crippen LogP contribution is 2.38. The maximum Gasteiger partial charge on any atom is 0.333 e. The van der Waals surface area contributed by atoms with Gasteiger partial charge in [0.15, 0.2) is 0 Å². The highest BCUT2D eigenvalue weighted by atomic mass is 32.2. The third-order valence-electron chi connectivity index (χ3n) is 6.31. The molecule has 2 aliphatic rings. The quantitative estimate of drug-likeness (QED) is 0.555. The van der Waals surface area contributed by atoms with Crippen LogP contribution in [-0.4, -0.2) is 45.0 Å². The number of pyridine rings is 1. The zero-order valence-electron chi connectivity index (χ0n) is 19.1. The number of thiophene rings is 1. The fourth-order valence-electron chi connectivity index (χ4n) is 4.62. The SMILES string of the molecule is COc1cncc(-c2ccc3c(c2NC(=O)NS(=O)(=O)c2cc4c(s2)CCN(C)C4)CCC3)c1. The van der Waals surface area contributed by atoms with Crippen LogP contribution in [0.5, 0.6) is 5.75 Å². The predicted octanol–water partition coefficient (Wildman–Crippen LogP) is 3.81. The molecule has 2 amide bonds. The highest BCUT2D eigenvalue weighted by molar-refractivity contribution is 7.92. The number of anilines is 1. The molecule has 0 atom stereocenters. The van der Waals surface area contributed by atoms with Crippen molar-refractivity contribution >= 4 is 33.1 Å². The molecular weight excluding hydrogens is 472 g/mol. The van der Waals surface area contributed by atoms with Crippen molar-refractivity contribution in [2.75, 3.05) is 26.0 Å². The van der Waals surface area contributed by atoms with Gasteiger partial charge in [0.25, 0.3) is 10.0 Å². The van der Waals surface area contributed by atoms with Gasteiger partial charge in [-0.15, -0.1) is 11.3 Å². The molecule has 1 aliphatic carbocycles. The molecule has 0 spiro atoms. The molecule has 1 aromatic carbocycles. The molecule has 0 fully saturated rings. The summed E-state index contributed by atoms with van der Waals surface area (Å²) in [7, 11) is -0.409. The van der Waals surface area contributed by atoms with Crippen molar-refractivity contribution in [1.82, 2.24) is 14.6 Å². The van der Waals surface area contributed by atoms with Gasteiger partial charge in [-0.25, -0.2) is 17.9 Å². The Balaban J connectivity index is 1.43. The van der Waals surface area contributed by atoms with E-state index in [1.54, 1.807) is 25.6 Å². The van der Waals surface area contributed by atoms with Crippen LogP contribution in [0.1, 0.15) is 28.0 Å². The Morgan fingerprint density at radius 3 is 2.82 bits per heavy atom. The molecule has 178 valence electrons. The van der Waals surface area contributed by atoms with Crippen molar-refractivity contribution < 1.29 is 17.9 Å². The fraction of sp³-hybridized carbons (Fsp3) is 0.333. The molecule has 0 bridgehead atoms. The number of nitrogens with one attached hydrogen (secondary N) is 2. The molecule has 0 saturated carbocycles. The Morgan fingerprint density at radius 1 is 1.15 bits per heavy atom. The van der Waals surface area contributed by atoms with Crippen LogP contribution in [0.25, 0.3) is 11.1 Å². The first-order chi connectivity index (χ1) is 16.3. The second kappa shape index (κ2) is 9.01. The number of nitrogens with zero attached hydrogens (tertiary/aromatic N) is 2. The van der Waals surface area contributed by atoms with E-state index in [2.05, 4.69) is 26.0 Å². The van der Waals surface area contributed by atoms with Gasteiger partial charge in [-0.3, -0.25) is 4.98 Å². The van der Waals surface area contributed by atoms with Crippen LogP contribution >= 0.6 is 11.3 Å². The number of aromatic nitrogens is 1. The van der Waals surface area contributed by atoms with Crippen LogP contribution in [0.15, 0.2) is 40.9 Å². The Bertz CT molecular complexity index is 1370. The van der Waals surface area contributed by atoms with Crippen LogP contribution in [0.4, 0.5) is 10.5 Å². The average molecular weight is 499 g/mol. The number of likely N-dealkylation sites (N-methyl/N-ethyl adjacent to an activating group) is 1. The van der Waals surface area contributed by atoms with Crippen LogP contribution in [0, 0.1) is 0 Å². The molecular formula is C24H26N4O4S2. The van der Waals surface area contributed by atoms with Gasteiger partial charge in [0.05, 0.1) is 19.0 Å². The number of methoxy groups -OCH3 is 1. The summed E-state index contributed by atoms with van der Waals surface area (Å²) < 4.78 is 33.7. The fourth-order valence-corrected chi connectivity index (χ4v) is 7.07. The molecule has 2 N–H and O–H groups in total. The van der Waals surface area contributed by atoms with E-state index in [-0.39, 0.29) is 4.21 Å². The number of benzene rings is 1. The van der Waals surface area contributed by atoms with E-state index in [9.17, 15) is 13.2 Å². The normalized spacial score (nSPS) is 15.5. The number of fused-ring (bicyclic) bond motifs is 2. The molecule has 3 heterocycles. The lowest BCUT2D eigenvalue weighted by atomic mass is 9.98. The second-order valence-corrected chi connectivity index (χ2v) is 11.7. The number of aryl methyl sites for hydroxylation is 1. The summed E-state index contributed by atoms with van der Waals surface area (Å²) in [6, 6.07) is 6.75. The van der Waals surface area contributed by atoms with Crippen molar-refractivity contribution in [1.29, 1.82) is 0 Å². The van der Waals surface area contributed by atoms with Gasteiger partial charge in [0.1, 0.15) is 9.96 Å². The molecule has 10 heteroatoms. The molecule has 5 rings (SSSR count). The van der Waals surface area contributed by atoms with E-state index >= 15 is 0 Å². The number of sulfonamides is 1. The standard InChI is InChI=1S/C24H26N4O4S2/c1-28-9-8-21-17(14-28)11-22(33-21)34(30,31)27-24(29)26-23-19-5-3-4-15(19)6-7-20(23)16-10-18(32-2)13-25-12-16/h6-7,10-13H,3-5,8-9,14H2,1-2H3,(H2,26,27,29). The van der Waals surface area contributed by atoms with Crippen molar-refractivity contribution in [3.8, 4) is 16.9 Å². The smallest absolute Gasteiger partial charge is 0.333 e. The number of hydrogen-bond donors (Lipinski definition) is 2. The Labute approximate surface area is 203 Å². The highest BCUT2D eigenvalue weighted by Gasteiger charge is 2.26. The van der Waals surface area contributed by atoms with E-state index < -0.39 is 16.1 Å². The summed E-state index contributed by atoms with van der Waals surface area (Å²) in [5.74, 6) is 0.600. The number of ether oxygens (including phenoxy) is 1. The maximum atomic E-state index is 13.0. The number of hydrogen-bond acceptors (Lipinski definition) is 7. The maximum absolute atomic E-state index is 13.0. The lowest BCUT2D eigenvalue weighted by Gasteiger charge is -2.21. The number of rotatable bonds is 5. The predicted molar refractivity (Wildman–Crippen MR) is 132 cm³/mol. The van der Waals surface area contributed by atoms with Gasteiger partial charge in [0, 0.05) is 35.3 Å². The van der Waals surface area contributed by atoms with E-state index in [1.807, 2.05) is 19.2 Å². The molecule has 0 radical (unpaired) electrons. The number of urea groups is 1. The Morgan fingerprint density at radius 2 is 2.00 bits per heavy atom. The summed E-state index contributed by atoms with van der Waals surface area (Å²) in [5.41, 5.74) is 5.37. The molecule has 3 aromatic rings. The van der Waals surface area contributed by atoms with E-state index in [0.717, 1.165) is 64.9 Å². The second-order valence-electron chi connectivity index (χ2n) is 8.65. The van der Waals surface area contributed by atoms with Crippen molar-refractivity contribution in [2.45, 2.75) is 36.4 Å². The van der Waals surface area contributed by atoms with Crippen LogP contribution in [0.3, 0.4) is 0 Å². The van der Waals surface area contributed by atoms with E-state index in [1.165, 1.54) is 11.3 Å². The summed E-state index contributed by atoms with van der Waals surface area (Å²) in [6.07, 6.45) is 6.85. The van der Waals surface area contributed by atoms with Crippen LogP contribution < -0.4 is 14.8 Å². The Kier molecular flexibility index (Phi) is 6.05. The Hall–Kier alpha value is -2.95. The van der Waals surface area contributed by atoms with E-state index in [0.29, 0.717) is 18.0 Å². The largest absolute Gasteiger partial charge is 0.495 e. The minimum atomic E-state index is -3.99. The zero-order valence-corrected chi connectivity index (χ0v) is 20.7. The lowest BCUT2D eigenvalue weighted by Crippen LogP contribution is -2.34. The summed E-state index contributed by atoms with van der Waals surface area (Å²) in [4.78, 5) is 20.4. The van der Waals surface area contributed by atoms with Crippen molar-refractivity contribution in [2.24, 2.45) is 0 Å². The number of carbonyl (C=O) groups excluding carboxylic acids is 1. The van der Waals surface area contributed by atoms with Crippen LogP contribution in [0.2, 0.25) is 0 Å². The molecule has 34 heavy (non-hydrogen) atoms. The molecule has 0 unspecified atom stereocenters. The first-order valence-corrected chi connectivity index (χ1v) is 13.4. The van der Waals surface area contributed by atoms with Crippen molar-refractivity contribution in [3.05, 3.63) is 58.2 Å². The van der Waals surface area contributed by atoms with Gasteiger partial charge in [-0.05, 0) is 61.6 Å². The first kappa shape index (κ1) is 22.8. The third kappa shape index (κ3) is 4.40. The number of carbonyl (C=O) groups is 1. The third-order valence-corrected chi connectivity index (χ3v) is 9.35. The van der Waals surface area contributed by atoms with Gasteiger partial charge in [-0.1, -0.05) is 12.1 Å². The zero-order chi connectivity index (χ0) is 23.9. The molecule has 2 aromatic heterocycles. The van der Waals surface area contributed by atoms with Crippen molar-refractivity contribution in [3.63, 3.8) is 0 Å². The first-order valence-electron chi connectivity index (χ1n) is 11.1. The number of amides is 2. The minimum absolute atomic E-state index is 0.165. The molecule has 1 aliphatic heterocycles. The lowest BCUT2D eigenvalue weighted by molar-refractivity contribution is 0.256. The van der Waals surface area contributed by atoms with E-state index in [4.69, 9.17) is 4.74 Å². The molecule has 0 saturated heterocycles.